The molecule has 1 unspecified atom stereocenters. The SMILES string of the molecule is CC(N)C1(c2cc(CF)ccc2O)CC1. The normalized spacial score (nSPS) is 19.9. The zero-order valence-corrected chi connectivity index (χ0v) is 8.83. The largest absolute Gasteiger partial charge is 0.508 e. The van der Waals surface area contributed by atoms with Gasteiger partial charge in [0.05, 0.1) is 0 Å². The third-order valence-electron chi connectivity index (χ3n) is 3.41. The molecule has 3 heteroatoms. The highest BCUT2D eigenvalue weighted by molar-refractivity contribution is 5.46. The number of alkyl halides is 1. The Morgan fingerprint density at radius 2 is 2.20 bits per heavy atom. The summed E-state index contributed by atoms with van der Waals surface area (Å²) in [6.07, 6.45) is 1.96. The van der Waals surface area contributed by atoms with Crippen molar-refractivity contribution in [3.63, 3.8) is 0 Å². The highest BCUT2D eigenvalue weighted by Gasteiger charge is 2.48. The van der Waals surface area contributed by atoms with Crippen molar-refractivity contribution >= 4 is 0 Å². The molecule has 82 valence electrons. The number of aromatic hydroxyl groups is 1. The molecule has 2 rings (SSSR count). The van der Waals surface area contributed by atoms with E-state index in [-0.39, 0.29) is 17.2 Å². The second kappa shape index (κ2) is 3.49. The molecule has 2 nitrogen and oxygen atoms in total. The van der Waals surface area contributed by atoms with Crippen LogP contribution in [0.15, 0.2) is 18.2 Å². The molecule has 1 aliphatic carbocycles. The van der Waals surface area contributed by atoms with Gasteiger partial charge in [-0.2, -0.15) is 0 Å². The smallest absolute Gasteiger partial charge is 0.119 e. The van der Waals surface area contributed by atoms with Gasteiger partial charge in [-0.1, -0.05) is 6.07 Å². The van der Waals surface area contributed by atoms with E-state index in [9.17, 15) is 9.50 Å². The Balaban J connectivity index is 2.43. The molecule has 0 amide bonds. The van der Waals surface area contributed by atoms with Crippen LogP contribution in [0, 0.1) is 0 Å². The number of phenolic OH excluding ortho intramolecular Hbond substituents is 1. The molecule has 1 aromatic carbocycles. The van der Waals surface area contributed by atoms with E-state index in [0.717, 1.165) is 18.4 Å². The Bertz CT molecular complexity index is 372. The topological polar surface area (TPSA) is 46.2 Å². The highest BCUT2D eigenvalue weighted by atomic mass is 19.1. The van der Waals surface area contributed by atoms with Crippen LogP contribution in [0.5, 0.6) is 5.75 Å². The Hall–Kier alpha value is -1.09. The van der Waals surface area contributed by atoms with E-state index in [4.69, 9.17) is 5.73 Å². The Kier molecular flexibility index (Phi) is 2.43. The van der Waals surface area contributed by atoms with E-state index < -0.39 is 6.67 Å². The molecule has 0 bridgehead atoms. The molecule has 1 fully saturated rings. The summed E-state index contributed by atoms with van der Waals surface area (Å²) in [6.45, 7) is 1.44. The third-order valence-corrected chi connectivity index (χ3v) is 3.41. The lowest BCUT2D eigenvalue weighted by Gasteiger charge is -2.21. The molecule has 15 heavy (non-hydrogen) atoms. The fourth-order valence-electron chi connectivity index (χ4n) is 2.17. The predicted octanol–water partition coefficient (Wildman–Crippen LogP) is 2.24. The molecule has 0 spiro atoms. The minimum Gasteiger partial charge on any atom is -0.508 e. The number of hydrogen-bond donors (Lipinski definition) is 2. The van der Waals surface area contributed by atoms with E-state index in [0.29, 0.717) is 5.56 Å². The first kappa shape index (κ1) is 10.4. The second-order valence-corrected chi connectivity index (χ2v) is 4.43. The van der Waals surface area contributed by atoms with Crippen LogP contribution in [0.4, 0.5) is 4.39 Å². The lowest BCUT2D eigenvalue weighted by atomic mass is 9.88. The number of nitrogens with two attached hydrogens (primary N) is 1. The molecule has 1 aliphatic rings. The van der Waals surface area contributed by atoms with Crippen LogP contribution < -0.4 is 5.73 Å². The van der Waals surface area contributed by atoms with Crippen LogP contribution in [0.1, 0.15) is 30.9 Å². The van der Waals surface area contributed by atoms with Crippen LogP contribution in [0.3, 0.4) is 0 Å². The number of halogens is 1. The Labute approximate surface area is 88.9 Å². The van der Waals surface area contributed by atoms with E-state index >= 15 is 0 Å². The summed E-state index contributed by atoms with van der Waals surface area (Å²) in [7, 11) is 0. The van der Waals surface area contributed by atoms with Gasteiger partial charge in [-0.25, -0.2) is 4.39 Å². The van der Waals surface area contributed by atoms with Crippen molar-refractivity contribution in [1.29, 1.82) is 0 Å². The van der Waals surface area contributed by atoms with Crippen molar-refractivity contribution in [2.45, 2.75) is 37.9 Å². The van der Waals surface area contributed by atoms with Gasteiger partial charge in [0.2, 0.25) is 0 Å². The van der Waals surface area contributed by atoms with Crippen LogP contribution in [0.25, 0.3) is 0 Å². The van der Waals surface area contributed by atoms with Gasteiger partial charge in [0.25, 0.3) is 0 Å². The van der Waals surface area contributed by atoms with Crippen LogP contribution in [0.2, 0.25) is 0 Å². The van der Waals surface area contributed by atoms with E-state index in [1.54, 1.807) is 18.2 Å². The molecule has 0 heterocycles. The molecular formula is C12H16FNO. The molecule has 0 aliphatic heterocycles. The van der Waals surface area contributed by atoms with Gasteiger partial charge in [-0.15, -0.1) is 0 Å². The quantitative estimate of drug-likeness (QED) is 0.802. The van der Waals surface area contributed by atoms with Crippen molar-refractivity contribution in [3.05, 3.63) is 29.3 Å². The van der Waals surface area contributed by atoms with Crippen LogP contribution >= 0.6 is 0 Å². The summed E-state index contributed by atoms with van der Waals surface area (Å²) in [5.74, 6) is 0.238. The Morgan fingerprint density at radius 3 is 2.67 bits per heavy atom. The molecule has 0 saturated heterocycles. The first-order valence-electron chi connectivity index (χ1n) is 5.24. The third kappa shape index (κ3) is 1.61. The molecule has 1 atom stereocenters. The maximum atomic E-state index is 12.5. The summed E-state index contributed by atoms with van der Waals surface area (Å²) in [5.41, 5.74) is 7.22. The second-order valence-electron chi connectivity index (χ2n) is 4.43. The van der Waals surface area contributed by atoms with Crippen molar-refractivity contribution in [3.8, 4) is 5.75 Å². The standard InChI is InChI=1S/C12H16FNO/c1-8(14)12(4-5-12)10-6-9(7-13)2-3-11(10)15/h2-3,6,8,15H,4-5,7,14H2,1H3. The van der Waals surface area contributed by atoms with Gasteiger partial charge in [0.15, 0.2) is 0 Å². The van der Waals surface area contributed by atoms with Crippen molar-refractivity contribution in [1.82, 2.24) is 0 Å². The summed E-state index contributed by atoms with van der Waals surface area (Å²) in [6, 6.07) is 4.91. The highest BCUT2D eigenvalue weighted by Crippen LogP contribution is 2.53. The monoisotopic (exact) mass is 209 g/mol. The van der Waals surface area contributed by atoms with Crippen LogP contribution in [-0.2, 0) is 12.1 Å². The fourth-order valence-corrected chi connectivity index (χ4v) is 2.17. The molecule has 3 N–H and O–H groups in total. The average Bonchev–Trinajstić information content (AvgIpc) is 2.99. The molecule has 1 saturated carbocycles. The lowest BCUT2D eigenvalue weighted by Crippen LogP contribution is -2.31. The van der Waals surface area contributed by atoms with Gasteiger partial charge in [0, 0.05) is 17.0 Å². The van der Waals surface area contributed by atoms with Gasteiger partial charge in [0.1, 0.15) is 12.4 Å². The average molecular weight is 209 g/mol. The minimum absolute atomic E-state index is 0.00161. The first-order valence-corrected chi connectivity index (χ1v) is 5.24. The fraction of sp³-hybridized carbons (Fsp3) is 0.500. The maximum Gasteiger partial charge on any atom is 0.119 e. The van der Waals surface area contributed by atoms with Crippen molar-refractivity contribution in [2.24, 2.45) is 5.73 Å². The summed E-state index contributed by atoms with van der Waals surface area (Å²) in [4.78, 5) is 0. The number of phenols is 1. The van der Waals surface area contributed by atoms with E-state index in [1.165, 1.54) is 0 Å². The first-order chi connectivity index (χ1) is 7.10. The van der Waals surface area contributed by atoms with Crippen molar-refractivity contribution in [2.75, 3.05) is 0 Å². The number of hydrogen-bond acceptors (Lipinski definition) is 2. The predicted molar refractivity (Wildman–Crippen MR) is 57.5 cm³/mol. The van der Waals surface area contributed by atoms with Gasteiger partial charge in [-0.3, -0.25) is 0 Å². The number of rotatable bonds is 3. The molecule has 1 aromatic rings. The van der Waals surface area contributed by atoms with Gasteiger partial charge in [-0.05, 0) is 37.5 Å². The summed E-state index contributed by atoms with van der Waals surface area (Å²) < 4.78 is 12.5. The molecule has 0 radical (unpaired) electrons. The molecular weight excluding hydrogens is 193 g/mol. The Morgan fingerprint density at radius 1 is 1.53 bits per heavy atom. The van der Waals surface area contributed by atoms with Crippen LogP contribution in [-0.4, -0.2) is 11.1 Å². The summed E-state index contributed by atoms with van der Waals surface area (Å²) >= 11 is 0. The van der Waals surface area contributed by atoms with E-state index in [2.05, 4.69) is 0 Å². The van der Waals surface area contributed by atoms with Crippen molar-refractivity contribution < 1.29 is 9.50 Å². The zero-order chi connectivity index (χ0) is 11.1. The molecule has 0 aromatic heterocycles. The maximum absolute atomic E-state index is 12.5. The lowest BCUT2D eigenvalue weighted by molar-refractivity contribution is 0.443. The minimum atomic E-state index is -0.498. The van der Waals surface area contributed by atoms with E-state index in [1.807, 2.05) is 6.92 Å². The zero-order valence-electron chi connectivity index (χ0n) is 8.83. The van der Waals surface area contributed by atoms with Gasteiger partial charge >= 0.3 is 0 Å². The summed E-state index contributed by atoms with van der Waals surface area (Å²) in [5, 5.41) is 9.78. The number of benzene rings is 1. The van der Waals surface area contributed by atoms with Gasteiger partial charge < -0.3 is 10.8 Å².